The van der Waals surface area contributed by atoms with Crippen LogP contribution in [0, 0.1) is 30.1 Å². The molecule has 9 heteroatoms. The second-order valence-electron chi connectivity index (χ2n) is 8.12. The number of alkyl halides is 3. The molecule has 3 heterocycles. The first-order chi connectivity index (χ1) is 12.9. The van der Waals surface area contributed by atoms with Gasteiger partial charge in [-0.1, -0.05) is 0 Å². The molecule has 0 spiro atoms. The number of nitriles is 1. The van der Waals surface area contributed by atoms with E-state index in [9.17, 15) is 22.8 Å². The second-order valence-corrected chi connectivity index (χ2v) is 8.12. The van der Waals surface area contributed by atoms with Gasteiger partial charge in [-0.25, -0.2) is 4.90 Å². The standard InChI is InChI=1S/C19H18F3N3O3/c1-8-10(5-4-9(7-23)12(8)19(20,21)22)25-15(26)13-14(16(25)27)18(3)11(24)6-17(13,2)28-18/h4-5,11,13-14H,6,24H2,1-3H3/t11-,13-,14+,17-,18+/m0/s1. The van der Waals surface area contributed by atoms with Crippen molar-refractivity contribution in [3.05, 3.63) is 28.8 Å². The van der Waals surface area contributed by atoms with Gasteiger partial charge in [-0.15, -0.1) is 0 Å². The smallest absolute Gasteiger partial charge is 0.366 e. The number of benzene rings is 1. The SMILES string of the molecule is Cc1c(N2C(=O)[C@@H]3[C@H](C2=O)[C@]2(C)O[C@@]3(C)C[C@@H]2N)ccc(C#N)c1C(F)(F)F. The number of hydrogen-bond donors (Lipinski definition) is 1. The van der Waals surface area contributed by atoms with Gasteiger partial charge in [-0.05, 0) is 44.9 Å². The summed E-state index contributed by atoms with van der Waals surface area (Å²) in [6, 6.07) is 3.27. The zero-order valence-electron chi connectivity index (χ0n) is 15.4. The molecule has 2 N–H and O–H groups in total. The molecule has 0 aromatic heterocycles. The highest BCUT2D eigenvalue weighted by Crippen LogP contribution is 2.60. The monoisotopic (exact) mass is 393 g/mol. The lowest BCUT2D eigenvalue weighted by atomic mass is 9.67. The Balaban J connectivity index is 1.86. The normalized spacial score (nSPS) is 36.8. The predicted octanol–water partition coefficient (Wildman–Crippen LogP) is 2.27. The summed E-state index contributed by atoms with van der Waals surface area (Å²) in [6.07, 6.45) is -4.41. The Kier molecular flexibility index (Phi) is 3.60. The van der Waals surface area contributed by atoms with E-state index < -0.39 is 58.2 Å². The maximum Gasteiger partial charge on any atom is 0.418 e. The Morgan fingerprint density at radius 1 is 1.25 bits per heavy atom. The lowest BCUT2D eigenvalue weighted by Gasteiger charge is -2.32. The molecule has 3 saturated heterocycles. The summed E-state index contributed by atoms with van der Waals surface area (Å²) in [6.45, 7) is 4.55. The summed E-state index contributed by atoms with van der Waals surface area (Å²) >= 11 is 0. The van der Waals surface area contributed by atoms with Crippen molar-refractivity contribution in [3.63, 3.8) is 0 Å². The number of imide groups is 1. The van der Waals surface area contributed by atoms with E-state index in [0.29, 0.717) is 6.42 Å². The van der Waals surface area contributed by atoms with Crippen LogP contribution in [0.1, 0.15) is 37.0 Å². The first kappa shape index (κ1) is 18.9. The van der Waals surface area contributed by atoms with E-state index in [1.807, 2.05) is 0 Å². The van der Waals surface area contributed by atoms with E-state index in [1.165, 1.54) is 12.1 Å². The van der Waals surface area contributed by atoms with Crippen molar-refractivity contribution in [1.82, 2.24) is 0 Å². The minimum atomic E-state index is -4.80. The summed E-state index contributed by atoms with van der Waals surface area (Å²) < 4.78 is 46.5. The summed E-state index contributed by atoms with van der Waals surface area (Å²) in [4.78, 5) is 27.1. The zero-order chi connectivity index (χ0) is 20.8. The molecular formula is C19H18F3N3O3. The van der Waals surface area contributed by atoms with E-state index in [2.05, 4.69) is 0 Å². The van der Waals surface area contributed by atoms with Crippen LogP contribution in [0.25, 0.3) is 0 Å². The van der Waals surface area contributed by atoms with Gasteiger partial charge in [0, 0.05) is 6.04 Å². The fourth-order valence-corrected chi connectivity index (χ4v) is 5.24. The molecule has 4 rings (SSSR count). The molecule has 0 radical (unpaired) electrons. The van der Waals surface area contributed by atoms with Gasteiger partial charge >= 0.3 is 6.18 Å². The van der Waals surface area contributed by atoms with E-state index in [0.717, 1.165) is 17.9 Å². The zero-order valence-corrected chi connectivity index (χ0v) is 15.4. The number of fused-ring (bicyclic) bond motifs is 5. The molecule has 1 aromatic carbocycles. The summed E-state index contributed by atoms with van der Waals surface area (Å²) in [5.74, 6) is -2.85. The number of nitrogens with two attached hydrogens (primary N) is 1. The fraction of sp³-hybridized carbons (Fsp3) is 0.526. The molecular weight excluding hydrogens is 375 g/mol. The Bertz CT molecular complexity index is 970. The summed E-state index contributed by atoms with van der Waals surface area (Å²) in [5.41, 5.74) is 1.97. The van der Waals surface area contributed by atoms with Gasteiger partial charge < -0.3 is 10.5 Å². The first-order valence-corrected chi connectivity index (χ1v) is 8.81. The van der Waals surface area contributed by atoms with Crippen LogP contribution in [0.3, 0.4) is 0 Å². The molecule has 2 bridgehead atoms. The average Bonchev–Trinajstić information content (AvgIpc) is 3.08. The van der Waals surface area contributed by atoms with Crippen LogP contribution >= 0.6 is 0 Å². The Labute approximate surface area is 159 Å². The van der Waals surface area contributed by atoms with Gasteiger partial charge in [0.2, 0.25) is 11.8 Å². The maximum absolute atomic E-state index is 13.5. The van der Waals surface area contributed by atoms with E-state index >= 15 is 0 Å². The van der Waals surface area contributed by atoms with E-state index in [-0.39, 0.29) is 11.3 Å². The molecule has 0 saturated carbocycles. The minimum Gasteiger partial charge on any atom is -0.366 e. The van der Waals surface area contributed by atoms with Crippen LogP contribution in [0.15, 0.2) is 12.1 Å². The van der Waals surface area contributed by atoms with Gasteiger partial charge in [0.05, 0.1) is 45.9 Å². The van der Waals surface area contributed by atoms with Crippen molar-refractivity contribution in [1.29, 1.82) is 5.26 Å². The van der Waals surface area contributed by atoms with Gasteiger partial charge in [0.1, 0.15) is 0 Å². The van der Waals surface area contributed by atoms with Gasteiger partial charge in [0.25, 0.3) is 0 Å². The first-order valence-electron chi connectivity index (χ1n) is 8.81. The molecule has 148 valence electrons. The van der Waals surface area contributed by atoms with Crippen LogP contribution in [0.4, 0.5) is 18.9 Å². The highest BCUT2D eigenvalue weighted by Gasteiger charge is 2.75. The minimum absolute atomic E-state index is 0.157. The lowest BCUT2D eigenvalue weighted by molar-refractivity contribution is -0.138. The van der Waals surface area contributed by atoms with Crippen LogP contribution < -0.4 is 10.6 Å². The topological polar surface area (TPSA) is 96.4 Å². The average molecular weight is 393 g/mol. The Morgan fingerprint density at radius 2 is 1.86 bits per heavy atom. The number of ether oxygens (including phenoxy) is 1. The van der Waals surface area contributed by atoms with E-state index in [1.54, 1.807) is 13.8 Å². The number of nitrogens with zero attached hydrogens (tertiary/aromatic N) is 2. The predicted molar refractivity (Wildman–Crippen MR) is 90.9 cm³/mol. The largest absolute Gasteiger partial charge is 0.418 e. The molecule has 3 aliphatic heterocycles. The van der Waals surface area contributed by atoms with Crippen molar-refractivity contribution < 1.29 is 27.5 Å². The van der Waals surface area contributed by atoms with E-state index in [4.69, 9.17) is 15.7 Å². The van der Waals surface area contributed by atoms with Crippen molar-refractivity contribution in [2.75, 3.05) is 4.90 Å². The molecule has 0 unspecified atom stereocenters. The van der Waals surface area contributed by atoms with Crippen molar-refractivity contribution in [2.24, 2.45) is 17.6 Å². The second kappa shape index (κ2) is 5.33. The third-order valence-electron chi connectivity index (χ3n) is 6.48. The molecule has 2 amide bonds. The summed E-state index contributed by atoms with van der Waals surface area (Å²) in [5, 5.41) is 9.04. The van der Waals surface area contributed by atoms with Crippen LogP contribution in [-0.4, -0.2) is 29.1 Å². The van der Waals surface area contributed by atoms with Gasteiger partial charge in [0.15, 0.2) is 0 Å². The highest BCUT2D eigenvalue weighted by molar-refractivity contribution is 6.23. The number of hydrogen-bond acceptors (Lipinski definition) is 5. The molecule has 1 aromatic rings. The fourth-order valence-electron chi connectivity index (χ4n) is 5.24. The number of rotatable bonds is 1. The van der Waals surface area contributed by atoms with Crippen LogP contribution in [0.5, 0.6) is 0 Å². The van der Waals surface area contributed by atoms with Crippen molar-refractivity contribution in [2.45, 2.75) is 50.6 Å². The lowest BCUT2D eigenvalue weighted by Crippen LogP contribution is -2.53. The maximum atomic E-state index is 13.5. The summed E-state index contributed by atoms with van der Waals surface area (Å²) in [7, 11) is 0. The van der Waals surface area contributed by atoms with Crippen molar-refractivity contribution in [3.8, 4) is 6.07 Å². The molecule has 3 fully saturated rings. The molecule has 28 heavy (non-hydrogen) atoms. The van der Waals surface area contributed by atoms with Crippen LogP contribution in [0.2, 0.25) is 0 Å². The number of amides is 2. The molecule has 6 nitrogen and oxygen atoms in total. The highest BCUT2D eigenvalue weighted by atomic mass is 19.4. The molecule has 5 atom stereocenters. The molecule has 0 aliphatic carbocycles. The molecule has 3 aliphatic rings. The Morgan fingerprint density at radius 3 is 2.43 bits per heavy atom. The van der Waals surface area contributed by atoms with Gasteiger partial charge in [-0.2, -0.15) is 18.4 Å². The third kappa shape index (κ3) is 2.10. The number of carbonyl (C=O) groups excluding carboxylic acids is 2. The Hall–Kier alpha value is -2.44. The third-order valence-corrected chi connectivity index (χ3v) is 6.48. The van der Waals surface area contributed by atoms with Crippen molar-refractivity contribution >= 4 is 17.5 Å². The quantitative estimate of drug-likeness (QED) is 0.739. The number of halogens is 3. The number of anilines is 1. The van der Waals surface area contributed by atoms with Gasteiger partial charge in [-0.3, -0.25) is 9.59 Å². The number of carbonyl (C=O) groups is 2. The van der Waals surface area contributed by atoms with Crippen LogP contribution in [-0.2, 0) is 20.5 Å².